The number of hydrogen-bond acceptors (Lipinski definition) is 5. The summed E-state index contributed by atoms with van der Waals surface area (Å²) in [5, 5.41) is 23.9. The van der Waals surface area contributed by atoms with Crippen molar-refractivity contribution in [3.8, 4) is 0 Å². The molecular weight excluding hydrogens is 827 g/mol. The number of esters is 1. The molecule has 0 aromatic carbocycles. The number of ether oxygens (including phenoxy) is 1. The maximum absolute atomic E-state index is 13.3. The van der Waals surface area contributed by atoms with Gasteiger partial charge in [0.25, 0.3) is 0 Å². The number of allylic oxidation sites excluding steroid dienone is 6. The van der Waals surface area contributed by atoms with Crippen LogP contribution in [0.5, 0.6) is 0 Å². The minimum Gasteiger partial charge on any atom is -0.462 e. The fourth-order valence-electron chi connectivity index (χ4n) is 9.18. The van der Waals surface area contributed by atoms with Gasteiger partial charge in [-0.3, -0.25) is 9.59 Å². The first kappa shape index (κ1) is 65.1. The van der Waals surface area contributed by atoms with Crippen LogP contribution in [-0.4, -0.2) is 46.9 Å². The van der Waals surface area contributed by atoms with Gasteiger partial charge in [-0.15, -0.1) is 0 Å². The zero-order chi connectivity index (χ0) is 48.8. The molecule has 67 heavy (non-hydrogen) atoms. The highest BCUT2D eigenvalue weighted by Gasteiger charge is 2.24. The lowest BCUT2D eigenvalue weighted by Crippen LogP contribution is -2.46. The molecule has 6 nitrogen and oxygen atoms in total. The molecule has 3 atom stereocenters. The Labute approximate surface area is 417 Å². The van der Waals surface area contributed by atoms with Gasteiger partial charge >= 0.3 is 5.97 Å². The summed E-state index contributed by atoms with van der Waals surface area (Å²) in [6, 6.07) is -0.708. The fourth-order valence-corrected chi connectivity index (χ4v) is 9.18. The van der Waals surface area contributed by atoms with Gasteiger partial charge in [0.2, 0.25) is 5.91 Å². The van der Waals surface area contributed by atoms with Crippen molar-refractivity contribution in [3.05, 3.63) is 36.5 Å². The van der Waals surface area contributed by atoms with Gasteiger partial charge in [-0.2, -0.15) is 0 Å². The second-order valence-electron chi connectivity index (χ2n) is 20.4. The normalized spacial score (nSPS) is 13.3. The Morgan fingerprint density at radius 3 is 1.19 bits per heavy atom. The minimum atomic E-state index is -0.793. The Hall–Kier alpha value is -1.92. The maximum Gasteiger partial charge on any atom is 0.306 e. The summed E-state index contributed by atoms with van der Waals surface area (Å²) in [5.41, 5.74) is 0. The molecule has 0 rings (SSSR count). The Bertz CT molecular complexity index is 1100. The topological polar surface area (TPSA) is 95.9 Å². The van der Waals surface area contributed by atoms with Gasteiger partial charge in [-0.05, 0) is 77.0 Å². The van der Waals surface area contributed by atoms with E-state index in [2.05, 4.69) is 62.5 Å². The van der Waals surface area contributed by atoms with Crippen LogP contribution in [0.1, 0.15) is 316 Å². The first-order chi connectivity index (χ1) is 33.0. The average molecular weight is 943 g/mol. The Kier molecular flexibility index (Phi) is 53.4. The van der Waals surface area contributed by atoms with Crippen LogP contribution < -0.4 is 5.32 Å². The van der Waals surface area contributed by atoms with Crippen molar-refractivity contribution < 1.29 is 24.5 Å². The number of nitrogens with one attached hydrogen (secondary N) is 1. The number of amides is 1. The number of hydrogen-bond donors (Lipinski definition) is 3. The highest BCUT2D eigenvalue weighted by molar-refractivity contribution is 5.77. The molecule has 3 unspecified atom stereocenters. The van der Waals surface area contributed by atoms with Crippen molar-refractivity contribution in [3.63, 3.8) is 0 Å². The van der Waals surface area contributed by atoms with Crippen LogP contribution in [0.4, 0.5) is 0 Å². The third kappa shape index (κ3) is 50.3. The lowest BCUT2D eigenvalue weighted by molar-refractivity contribution is -0.151. The Morgan fingerprint density at radius 1 is 0.433 bits per heavy atom. The predicted molar refractivity (Wildman–Crippen MR) is 292 cm³/mol. The lowest BCUT2D eigenvalue weighted by atomic mass is 10.0. The van der Waals surface area contributed by atoms with Gasteiger partial charge < -0.3 is 20.3 Å². The molecule has 0 aromatic rings. The van der Waals surface area contributed by atoms with Gasteiger partial charge in [-0.1, -0.05) is 263 Å². The molecule has 1 amide bonds. The highest BCUT2D eigenvalue weighted by Crippen LogP contribution is 2.18. The van der Waals surface area contributed by atoms with Crippen LogP contribution in [0.15, 0.2) is 36.5 Å². The summed E-state index contributed by atoms with van der Waals surface area (Å²) in [6.07, 6.45) is 66.4. The molecule has 3 N–H and O–H groups in total. The Balaban J connectivity index is 4.55. The molecule has 0 fully saturated rings. The maximum atomic E-state index is 13.3. The van der Waals surface area contributed by atoms with E-state index in [9.17, 15) is 19.8 Å². The molecule has 0 spiro atoms. The molecule has 394 valence electrons. The van der Waals surface area contributed by atoms with E-state index in [4.69, 9.17) is 4.74 Å². The minimum absolute atomic E-state index is 0.0653. The third-order valence-electron chi connectivity index (χ3n) is 13.7. The quantitative estimate of drug-likeness (QED) is 0.0244. The molecule has 6 heteroatoms. The number of aliphatic hydroxyl groups excluding tert-OH is 2. The average Bonchev–Trinajstić information content (AvgIpc) is 3.32. The number of carbonyl (C=O) groups excluding carboxylic acids is 2. The van der Waals surface area contributed by atoms with E-state index in [-0.39, 0.29) is 24.9 Å². The molecule has 0 aliphatic rings. The summed E-state index contributed by atoms with van der Waals surface area (Å²) < 4.78 is 5.96. The molecule has 0 radical (unpaired) electrons. The van der Waals surface area contributed by atoms with Crippen molar-refractivity contribution in [1.82, 2.24) is 5.32 Å². The highest BCUT2D eigenvalue weighted by atomic mass is 16.5. The zero-order valence-electron chi connectivity index (χ0n) is 45.0. The van der Waals surface area contributed by atoms with E-state index in [1.54, 1.807) is 0 Å². The van der Waals surface area contributed by atoms with Crippen LogP contribution in [0.25, 0.3) is 0 Å². The van der Waals surface area contributed by atoms with Gasteiger partial charge in [-0.25, -0.2) is 0 Å². The smallest absolute Gasteiger partial charge is 0.306 e. The van der Waals surface area contributed by atoms with Crippen LogP contribution in [0.2, 0.25) is 0 Å². The van der Waals surface area contributed by atoms with E-state index in [1.165, 1.54) is 205 Å². The fraction of sp³-hybridized carbons (Fsp3) is 0.869. The van der Waals surface area contributed by atoms with E-state index in [1.807, 2.05) is 0 Å². The zero-order valence-corrected chi connectivity index (χ0v) is 45.0. The Morgan fingerprint density at radius 2 is 0.761 bits per heavy atom. The van der Waals surface area contributed by atoms with Gasteiger partial charge in [0.1, 0.15) is 6.10 Å². The van der Waals surface area contributed by atoms with Gasteiger partial charge in [0.05, 0.1) is 25.2 Å². The monoisotopic (exact) mass is 942 g/mol. The van der Waals surface area contributed by atoms with Gasteiger partial charge in [0, 0.05) is 6.42 Å². The first-order valence-electron chi connectivity index (χ1n) is 29.7. The van der Waals surface area contributed by atoms with Crippen molar-refractivity contribution in [2.24, 2.45) is 0 Å². The molecule has 0 saturated carbocycles. The van der Waals surface area contributed by atoms with Crippen LogP contribution in [-0.2, 0) is 14.3 Å². The van der Waals surface area contributed by atoms with E-state index < -0.39 is 18.2 Å². The second kappa shape index (κ2) is 55.0. The van der Waals surface area contributed by atoms with Crippen molar-refractivity contribution in [2.45, 2.75) is 334 Å². The summed E-state index contributed by atoms with van der Waals surface area (Å²) in [5.74, 6) is -0.488. The largest absolute Gasteiger partial charge is 0.462 e. The first-order valence-corrected chi connectivity index (χ1v) is 29.7. The number of rotatable bonds is 54. The molecule has 0 aliphatic carbocycles. The molecule has 0 bridgehead atoms. The van der Waals surface area contributed by atoms with E-state index in [0.29, 0.717) is 19.3 Å². The van der Waals surface area contributed by atoms with Crippen molar-refractivity contribution in [2.75, 3.05) is 6.61 Å². The lowest BCUT2D eigenvalue weighted by Gasteiger charge is -2.24. The number of carbonyl (C=O) groups is 2. The SMILES string of the molecule is CCCCC/C=C/C=C/CCCCCCCCC(=O)OC(CCCCC/C=C/CCCCCCCCCCC)CC(=O)NC(CO)C(O)CCCCCCCCCCCCCCCCCCC. The molecular formula is C61H115NO5. The standard InChI is InChI=1S/C61H115NO5/c1-4-7-10-13-16-19-22-25-28-30-33-35-38-41-44-47-50-53-59(64)58(56-63)62-60(65)55-57(52-49-46-43-40-37-34-32-29-26-23-20-17-14-11-8-5-2)67-61(66)54-51-48-45-42-39-36-31-27-24-21-18-15-12-9-6-3/h18,21,24,27,34,37,57-59,63-64H,4-17,19-20,22-23,25-26,28-33,35-36,38-56H2,1-3H3,(H,62,65)/b21-18+,27-24+,37-34+. The molecule has 0 saturated heterocycles. The van der Waals surface area contributed by atoms with Crippen molar-refractivity contribution >= 4 is 11.9 Å². The number of unbranched alkanes of at least 4 members (excludes halogenated alkanes) is 37. The second-order valence-corrected chi connectivity index (χ2v) is 20.4. The van der Waals surface area contributed by atoms with E-state index in [0.717, 1.165) is 64.2 Å². The van der Waals surface area contributed by atoms with Crippen LogP contribution in [0, 0.1) is 0 Å². The summed E-state index contributed by atoms with van der Waals surface area (Å²) in [7, 11) is 0. The molecule has 0 aliphatic heterocycles. The third-order valence-corrected chi connectivity index (χ3v) is 13.7. The predicted octanol–water partition coefficient (Wildman–Crippen LogP) is 18.4. The molecule has 0 heterocycles. The summed E-state index contributed by atoms with van der Waals surface area (Å²) in [4.78, 5) is 26.3. The van der Waals surface area contributed by atoms with Crippen LogP contribution >= 0.6 is 0 Å². The molecule has 0 aromatic heterocycles. The van der Waals surface area contributed by atoms with E-state index >= 15 is 0 Å². The summed E-state index contributed by atoms with van der Waals surface area (Å²) in [6.45, 7) is 6.49. The summed E-state index contributed by atoms with van der Waals surface area (Å²) >= 11 is 0. The number of aliphatic hydroxyl groups is 2. The van der Waals surface area contributed by atoms with Crippen molar-refractivity contribution in [1.29, 1.82) is 0 Å². The van der Waals surface area contributed by atoms with Crippen LogP contribution in [0.3, 0.4) is 0 Å². The van der Waals surface area contributed by atoms with Gasteiger partial charge in [0.15, 0.2) is 0 Å².